The average Bonchev–Trinajstić information content (AvgIpc) is 2.73. The number of amides is 1. The maximum atomic E-state index is 13.7. The molecule has 1 N–H and O–H groups in total. The van der Waals surface area contributed by atoms with Crippen molar-refractivity contribution in [3.05, 3.63) is 69.2 Å². The topological polar surface area (TPSA) is 95.0 Å². The number of nitrogens with zero attached hydrogens (tertiary/aromatic N) is 2. The van der Waals surface area contributed by atoms with Crippen LogP contribution in [0.3, 0.4) is 0 Å². The zero-order valence-corrected chi connectivity index (χ0v) is 19.6. The Balaban J connectivity index is 1.84. The van der Waals surface area contributed by atoms with Crippen LogP contribution in [0.5, 0.6) is 0 Å². The van der Waals surface area contributed by atoms with Crippen LogP contribution in [0.25, 0.3) is 0 Å². The predicted molar refractivity (Wildman–Crippen MR) is 122 cm³/mol. The van der Waals surface area contributed by atoms with Gasteiger partial charge in [0.2, 0.25) is 10.0 Å². The molecule has 0 spiro atoms. The van der Waals surface area contributed by atoms with Crippen molar-refractivity contribution in [1.82, 2.24) is 9.21 Å². The molecular formula is C22H22Cl2N2O5S. The molecule has 2 aromatic carbocycles. The van der Waals surface area contributed by atoms with E-state index in [1.807, 2.05) is 0 Å². The standard InChI is InChI=1S/C22H22Cl2N2O5S/c1-32(30,31)25-10-8-14(9-11-25)26-20(17-7-6-13(23)12-18(17)24)19(22(28)29)15-4-2-3-5-16(15)21(26)27/h2-7,12,14,19-20H,8-11H2,1H3,(H,28,29)/t19-,20+/m1/s1. The smallest absolute Gasteiger partial charge is 0.313 e. The monoisotopic (exact) mass is 496 g/mol. The van der Waals surface area contributed by atoms with E-state index < -0.39 is 28.0 Å². The number of aliphatic carboxylic acids is 1. The quantitative estimate of drug-likeness (QED) is 0.694. The molecular weight excluding hydrogens is 475 g/mol. The molecule has 2 aromatic rings. The van der Waals surface area contributed by atoms with E-state index in [1.165, 1.54) is 10.4 Å². The first-order valence-electron chi connectivity index (χ1n) is 10.1. The van der Waals surface area contributed by atoms with Crippen molar-refractivity contribution in [2.75, 3.05) is 19.3 Å². The highest BCUT2D eigenvalue weighted by atomic mass is 35.5. The Morgan fingerprint density at radius 1 is 1.06 bits per heavy atom. The van der Waals surface area contributed by atoms with Crippen LogP contribution >= 0.6 is 23.2 Å². The van der Waals surface area contributed by atoms with Gasteiger partial charge in [-0.2, -0.15) is 0 Å². The Kier molecular flexibility index (Phi) is 6.24. The van der Waals surface area contributed by atoms with Gasteiger partial charge in [-0.25, -0.2) is 12.7 Å². The second-order valence-electron chi connectivity index (χ2n) is 8.12. The van der Waals surface area contributed by atoms with Crippen LogP contribution in [-0.4, -0.2) is 60.0 Å². The number of piperidine rings is 1. The highest BCUT2D eigenvalue weighted by Crippen LogP contribution is 2.47. The summed E-state index contributed by atoms with van der Waals surface area (Å²) in [7, 11) is -3.34. The lowest BCUT2D eigenvalue weighted by molar-refractivity contribution is -0.141. The highest BCUT2D eigenvalue weighted by molar-refractivity contribution is 7.88. The maximum Gasteiger partial charge on any atom is 0.313 e. The SMILES string of the molecule is CS(=O)(=O)N1CCC(N2C(=O)c3ccccc3[C@@H](C(=O)O)[C@@H]2c2ccc(Cl)cc2Cl)CC1. The number of carbonyl (C=O) groups is 2. The molecule has 1 saturated heterocycles. The first kappa shape index (κ1) is 23.0. The maximum absolute atomic E-state index is 13.7. The molecule has 1 fully saturated rings. The van der Waals surface area contributed by atoms with Gasteiger partial charge in [-0.05, 0) is 42.2 Å². The molecule has 0 unspecified atom stereocenters. The number of halogens is 2. The van der Waals surface area contributed by atoms with Gasteiger partial charge in [0.05, 0.1) is 12.3 Å². The van der Waals surface area contributed by atoms with Gasteiger partial charge >= 0.3 is 5.97 Å². The number of hydrogen-bond acceptors (Lipinski definition) is 4. The first-order chi connectivity index (χ1) is 15.1. The Bertz CT molecular complexity index is 1180. The van der Waals surface area contributed by atoms with Gasteiger partial charge in [-0.1, -0.05) is 47.5 Å². The van der Waals surface area contributed by atoms with E-state index in [9.17, 15) is 23.1 Å². The van der Waals surface area contributed by atoms with E-state index in [-0.39, 0.29) is 30.1 Å². The van der Waals surface area contributed by atoms with Crippen LogP contribution in [0.2, 0.25) is 10.0 Å². The minimum Gasteiger partial charge on any atom is -0.481 e. The van der Waals surface area contributed by atoms with Crippen LogP contribution in [0, 0.1) is 0 Å². The molecule has 10 heteroatoms. The molecule has 0 saturated carbocycles. The lowest BCUT2D eigenvalue weighted by atomic mass is 9.78. The molecule has 0 aliphatic carbocycles. The minimum absolute atomic E-state index is 0.258. The number of carboxylic acid groups (broad SMARTS) is 1. The normalized spacial score (nSPS) is 22.6. The van der Waals surface area contributed by atoms with E-state index in [2.05, 4.69) is 0 Å². The number of sulfonamides is 1. The third-order valence-electron chi connectivity index (χ3n) is 6.21. The Labute approximate surface area is 196 Å². The average molecular weight is 497 g/mol. The fraction of sp³-hybridized carbons (Fsp3) is 0.364. The fourth-order valence-corrected chi connectivity index (χ4v) is 6.14. The van der Waals surface area contributed by atoms with Crippen LogP contribution in [0.1, 0.15) is 46.3 Å². The van der Waals surface area contributed by atoms with Gasteiger partial charge in [0, 0.05) is 34.7 Å². The van der Waals surface area contributed by atoms with Crippen molar-refractivity contribution in [2.24, 2.45) is 0 Å². The van der Waals surface area contributed by atoms with Crippen molar-refractivity contribution in [3.63, 3.8) is 0 Å². The van der Waals surface area contributed by atoms with E-state index in [0.717, 1.165) is 6.26 Å². The third-order valence-corrected chi connectivity index (χ3v) is 8.07. The van der Waals surface area contributed by atoms with Gasteiger partial charge in [-0.15, -0.1) is 0 Å². The molecule has 32 heavy (non-hydrogen) atoms. The van der Waals surface area contributed by atoms with Gasteiger partial charge in [0.25, 0.3) is 5.91 Å². The molecule has 2 aliphatic rings. The van der Waals surface area contributed by atoms with Gasteiger partial charge in [0.1, 0.15) is 5.92 Å². The molecule has 2 heterocycles. The van der Waals surface area contributed by atoms with E-state index in [4.69, 9.17) is 23.2 Å². The van der Waals surface area contributed by atoms with Crippen molar-refractivity contribution >= 4 is 45.1 Å². The summed E-state index contributed by atoms with van der Waals surface area (Å²) in [4.78, 5) is 27.8. The first-order valence-corrected chi connectivity index (χ1v) is 12.7. The number of rotatable bonds is 4. The number of benzene rings is 2. The van der Waals surface area contributed by atoms with Gasteiger partial charge in [-0.3, -0.25) is 9.59 Å². The van der Waals surface area contributed by atoms with Crippen LogP contribution in [-0.2, 0) is 14.8 Å². The van der Waals surface area contributed by atoms with Crippen LogP contribution in [0.4, 0.5) is 0 Å². The zero-order valence-electron chi connectivity index (χ0n) is 17.2. The van der Waals surface area contributed by atoms with E-state index >= 15 is 0 Å². The molecule has 0 radical (unpaired) electrons. The number of carbonyl (C=O) groups excluding carboxylic acids is 1. The molecule has 2 atom stereocenters. The summed E-state index contributed by atoms with van der Waals surface area (Å²) in [6.45, 7) is 0.515. The summed E-state index contributed by atoms with van der Waals surface area (Å²) < 4.78 is 25.3. The largest absolute Gasteiger partial charge is 0.481 e. The Morgan fingerprint density at radius 2 is 1.72 bits per heavy atom. The fourth-order valence-electron chi connectivity index (χ4n) is 4.74. The number of carboxylic acids is 1. The number of hydrogen-bond donors (Lipinski definition) is 1. The number of fused-ring (bicyclic) bond motifs is 1. The summed E-state index contributed by atoms with van der Waals surface area (Å²) >= 11 is 12.6. The summed E-state index contributed by atoms with van der Waals surface area (Å²) in [5.74, 6) is -2.39. The second-order valence-corrected chi connectivity index (χ2v) is 10.9. The Morgan fingerprint density at radius 3 is 2.31 bits per heavy atom. The summed E-state index contributed by atoms with van der Waals surface area (Å²) in [5, 5.41) is 10.9. The van der Waals surface area contributed by atoms with Crippen LogP contribution in [0.15, 0.2) is 42.5 Å². The van der Waals surface area contributed by atoms with Crippen molar-refractivity contribution in [3.8, 4) is 0 Å². The van der Waals surface area contributed by atoms with Crippen molar-refractivity contribution in [1.29, 1.82) is 0 Å². The summed E-state index contributed by atoms with van der Waals surface area (Å²) in [6, 6.07) is 10.3. The summed E-state index contributed by atoms with van der Waals surface area (Å²) in [6.07, 6.45) is 1.95. The Hall–Kier alpha value is -2.13. The zero-order chi connectivity index (χ0) is 23.2. The third kappa shape index (κ3) is 4.12. The lowest BCUT2D eigenvalue weighted by Gasteiger charge is -2.47. The molecule has 170 valence electrons. The van der Waals surface area contributed by atoms with Crippen LogP contribution < -0.4 is 0 Å². The molecule has 2 aliphatic heterocycles. The molecule has 0 aromatic heterocycles. The van der Waals surface area contributed by atoms with E-state index in [1.54, 1.807) is 41.3 Å². The summed E-state index contributed by atoms with van der Waals surface area (Å²) in [5.41, 5.74) is 1.27. The molecule has 4 rings (SSSR count). The van der Waals surface area contributed by atoms with E-state index in [0.29, 0.717) is 34.6 Å². The lowest BCUT2D eigenvalue weighted by Crippen LogP contribution is -2.53. The van der Waals surface area contributed by atoms with Crippen molar-refractivity contribution < 1.29 is 23.1 Å². The highest BCUT2D eigenvalue weighted by Gasteiger charge is 2.48. The minimum atomic E-state index is -3.34. The second kappa shape index (κ2) is 8.67. The van der Waals surface area contributed by atoms with Crippen molar-refractivity contribution in [2.45, 2.75) is 30.8 Å². The predicted octanol–water partition coefficient (Wildman–Crippen LogP) is 3.78. The van der Waals surface area contributed by atoms with Gasteiger partial charge in [0.15, 0.2) is 0 Å². The molecule has 1 amide bonds. The van der Waals surface area contributed by atoms with Gasteiger partial charge < -0.3 is 10.0 Å². The molecule has 7 nitrogen and oxygen atoms in total. The molecule has 0 bridgehead atoms.